The molecular weight excluding hydrogens is 331 g/mol. The molecule has 24 heavy (non-hydrogen) atoms. The van der Waals surface area contributed by atoms with E-state index in [1.54, 1.807) is 4.57 Å². The Labute approximate surface area is 141 Å². The number of nitrogens with one attached hydrogen (secondary N) is 1. The first kappa shape index (κ1) is 16.7. The zero-order valence-corrected chi connectivity index (χ0v) is 13.7. The molecule has 0 aliphatic carbocycles. The topological polar surface area (TPSA) is 83.8 Å². The maximum atomic E-state index is 12.7. The van der Waals surface area contributed by atoms with Crippen molar-refractivity contribution in [3.63, 3.8) is 0 Å². The minimum absolute atomic E-state index is 0.202. The highest BCUT2D eigenvalue weighted by atomic mass is 32.2. The SMILES string of the molecule is O=c1[nH]c(Sc2ccccc2)nc2c1ncn2CCC(CO)CF. The number of H-pyrrole nitrogens is 1. The Balaban J connectivity index is 1.88. The third-order valence-corrected chi connectivity index (χ3v) is 4.56. The number of hydrogen-bond donors (Lipinski definition) is 2. The lowest BCUT2D eigenvalue weighted by molar-refractivity contribution is 0.185. The average Bonchev–Trinajstić information content (AvgIpc) is 3.00. The highest BCUT2D eigenvalue weighted by Gasteiger charge is 2.13. The number of imidazole rings is 1. The summed E-state index contributed by atoms with van der Waals surface area (Å²) in [5.74, 6) is -0.414. The molecule has 0 saturated carbocycles. The van der Waals surface area contributed by atoms with Gasteiger partial charge in [0.05, 0.1) is 13.0 Å². The fraction of sp³-hybridized carbons (Fsp3) is 0.312. The Morgan fingerprint density at radius 3 is 2.83 bits per heavy atom. The number of alkyl halides is 1. The molecule has 0 amide bonds. The number of aromatic amines is 1. The third kappa shape index (κ3) is 3.65. The lowest BCUT2D eigenvalue weighted by Gasteiger charge is -2.10. The highest BCUT2D eigenvalue weighted by Crippen LogP contribution is 2.24. The van der Waals surface area contributed by atoms with Crippen LogP contribution >= 0.6 is 11.8 Å². The Kier molecular flexibility index (Phi) is 5.27. The van der Waals surface area contributed by atoms with Crippen molar-refractivity contribution < 1.29 is 9.50 Å². The molecule has 0 radical (unpaired) electrons. The predicted molar refractivity (Wildman–Crippen MR) is 89.9 cm³/mol. The molecule has 2 N–H and O–H groups in total. The number of aliphatic hydroxyl groups excluding tert-OH is 1. The molecule has 0 saturated heterocycles. The third-order valence-electron chi connectivity index (χ3n) is 3.67. The number of fused-ring (bicyclic) bond motifs is 1. The van der Waals surface area contributed by atoms with Gasteiger partial charge in [0.1, 0.15) is 0 Å². The van der Waals surface area contributed by atoms with E-state index < -0.39 is 12.6 Å². The summed E-state index contributed by atoms with van der Waals surface area (Å²) in [4.78, 5) is 24.4. The first-order chi connectivity index (χ1) is 11.7. The molecular formula is C16H17FN4O2S. The Bertz CT molecular complexity index is 861. The molecule has 3 rings (SSSR count). The van der Waals surface area contributed by atoms with Crippen molar-refractivity contribution in [2.75, 3.05) is 13.3 Å². The van der Waals surface area contributed by atoms with Crippen LogP contribution in [0.3, 0.4) is 0 Å². The van der Waals surface area contributed by atoms with Crippen LogP contribution in [-0.4, -0.2) is 37.9 Å². The highest BCUT2D eigenvalue weighted by molar-refractivity contribution is 7.99. The van der Waals surface area contributed by atoms with Gasteiger partial charge >= 0.3 is 0 Å². The van der Waals surface area contributed by atoms with Crippen molar-refractivity contribution in [2.45, 2.75) is 23.0 Å². The van der Waals surface area contributed by atoms with Crippen LogP contribution in [0.4, 0.5) is 4.39 Å². The Hall–Kier alpha value is -2.19. The fourth-order valence-corrected chi connectivity index (χ4v) is 3.08. The molecule has 8 heteroatoms. The molecule has 0 aliphatic heterocycles. The van der Waals surface area contributed by atoms with E-state index in [0.717, 1.165) is 4.90 Å². The lowest BCUT2D eigenvalue weighted by atomic mass is 10.1. The largest absolute Gasteiger partial charge is 0.396 e. The number of halogens is 1. The first-order valence-electron chi connectivity index (χ1n) is 7.56. The summed E-state index contributed by atoms with van der Waals surface area (Å²) in [7, 11) is 0. The molecule has 1 unspecified atom stereocenters. The van der Waals surface area contributed by atoms with E-state index in [1.807, 2.05) is 30.3 Å². The number of aromatic nitrogens is 4. The van der Waals surface area contributed by atoms with Crippen LogP contribution in [0, 0.1) is 5.92 Å². The molecule has 1 aromatic carbocycles. The molecule has 0 bridgehead atoms. The van der Waals surface area contributed by atoms with Gasteiger partial charge in [0, 0.05) is 24.0 Å². The summed E-state index contributed by atoms with van der Waals surface area (Å²) in [6, 6.07) is 9.60. The van der Waals surface area contributed by atoms with Gasteiger partial charge in [0.2, 0.25) is 0 Å². The maximum absolute atomic E-state index is 12.7. The first-order valence-corrected chi connectivity index (χ1v) is 8.37. The fourth-order valence-electron chi connectivity index (χ4n) is 2.28. The summed E-state index contributed by atoms with van der Waals surface area (Å²) >= 11 is 1.35. The van der Waals surface area contributed by atoms with Gasteiger partial charge < -0.3 is 9.67 Å². The van der Waals surface area contributed by atoms with Gasteiger partial charge in [-0.2, -0.15) is 0 Å². The van der Waals surface area contributed by atoms with Crippen molar-refractivity contribution in [3.8, 4) is 0 Å². The number of aryl methyl sites for hydroxylation is 1. The van der Waals surface area contributed by atoms with Crippen LogP contribution < -0.4 is 5.56 Å². The summed E-state index contributed by atoms with van der Waals surface area (Å²) in [5.41, 5.74) is 0.419. The van der Waals surface area contributed by atoms with Crippen LogP contribution in [0.15, 0.2) is 51.5 Å². The molecule has 2 aromatic heterocycles. The average molecular weight is 348 g/mol. The molecule has 1 atom stereocenters. The number of rotatable bonds is 7. The number of hydrogen-bond acceptors (Lipinski definition) is 5. The van der Waals surface area contributed by atoms with E-state index in [0.29, 0.717) is 23.8 Å². The van der Waals surface area contributed by atoms with Crippen molar-refractivity contribution in [1.82, 2.24) is 19.5 Å². The molecule has 2 heterocycles. The van der Waals surface area contributed by atoms with Crippen LogP contribution in [-0.2, 0) is 6.54 Å². The van der Waals surface area contributed by atoms with E-state index in [2.05, 4.69) is 15.0 Å². The number of benzene rings is 1. The quantitative estimate of drug-likeness (QED) is 0.640. The van der Waals surface area contributed by atoms with E-state index in [1.165, 1.54) is 18.1 Å². The summed E-state index contributed by atoms with van der Waals surface area (Å²) < 4.78 is 14.4. The zero-order chi connectivity index (χ0) is 16.9. The van der Waals surface area contributed by atoms with Crippen molar-refractivity contribution in [2.24, 2.45) is 5.92 Å². The molecule has 3 aromatic rings. The zero-order valence-electron chi connectivity index (χ0n) is 12.9. The second-order valence-electron chi connectivity index (χ2n) is 5.39. The Morgan fingerprint density at radius 2 is 2.12 bits per heavy atom. The van der Waals surface area contributed by atoms with Gasteiger partial charge in [-0.15, -0.1) is 0 Å². The van der Waals surface area contributed by atoms with Crippen LogP contribution in [0.5, 0.6) is 0 Å². The minimum Gasteiger partial charge on any atom is -0.396 e. The van der Waals surface area contributed by atoms with E-state index >= 15 is 0 Å². The van der Waals surface area contributed by atoms with E-state index in [-0.39, 0.29) is 17.7 Å². The van der Waals surface area contributed by atoms with Gasteiger partial charge in [-0.05, 0) is 18.6 Å². The van der Waals surface area contributed by atoms with E-state index in [4.69, 9.17) is 5.11 Å². The lowest BCUT2D eigenvalue weighted by Crippen LogP contribution is -2.13. The van der Waals surface area contributed by atoms with Gasteiger partial charge in [-0.25, -0.2) is 9.97 Å². The molecule has 0 spiro atoms. The maximum Gasteiger partial charge on any atom is 0.279 e. The summed E-state index contributed by atoms with van der Waals surface area (Å²) in [6.07, 6.45) is 1.98. The number of aliphatic hydroxyl groups is 1. The second-order valence-corrected chi connectivity index (χ2v) is 6.45. The monoisotopic (exact) mass is 348 g/mol. The van der Waals surface area contributed by atoms with Gasteiger partial charge in [0.15, 0.2) is 16.3 Å². The van der Waals surface area contributed by atoms with Crippen molar-refractivity contribution >= 4 is 22.9 Å². The van der Waals surface area contributed by atoms with Crippen LogP contribution in [0.25, 0.3) is 11.2 Å². The standard InChI is InChI=1S/C16H17FN4O2S/c17-8-11(9-22)6-7-21-10-18-13-14(21)19-16(20-15(13)23)24-12-4-2-1-3-5-12/h1-5,10-11,22H,6-9H2,(H,19,20,23). The summed E-state index contributed by atoms with van der Waals surface area (Å²) in [6.45, 7) is -0.337. The predicted octanol–water partition coefficient (Wildman–Crippen LogP) is 2.24. The van der Waals surface area contributed by atoms with Crippen molar-refractivity contribution in [3.05, 3.63) is 47.0 Å². The molecule has 126 valence electrons. The van der Waals surface area contributed by atoms with Gasteiger partial charge in [0.25, 0.3) is 5.56 Å². The van der Waals surface area contributed by atoms with Crippen LogP contribution in [0.2, 0.25) is 0 Å². The molecule has 0 fully saturated rings. The summed E-state index contributed by atoms with van der Waals surface area (Å²) in [5, 5.41) is 9.56. The molecule has 6 nitrogen and oxygen atoms in total. The van der Waals surface area contributed by atoms with Gasteiger partial charge in [-0.1, -0.05) is 30.0 Å². The van der Waals surface area contributed by atoms with E-state index in [9.17, 15) is 9.18 Å². The molecule has 0 aliphatic rings. The minimum atomic E-state index is -0.577. The number of nitrogens with zero attached hydrogens (tertiary/aromatic N) is 3. The normalized spacial score (nSPS) is 12.6. The smallest absolute Gasteiger partial charge is 0.279 e. The van der Waals surface area contributed by atoms with Crippen molar-refractivity contribution in [1.29, 1.82) is 0 Å². The Morgan fingerprint density at radius 1 is 1.33 bits per heavy atom. The van der Waals surface area contributed by atoms with Crippen LogP contribution in [0.1, 0.15) is 6.42 Å². The van der Waals surface area contributed by atoms with Gasteiger partial charge in [-0.3, -0.25) is 14.2 Å². The second kappa shape index (κ2) is 7.59.